The van der Waals surface area contributed by atoms with Gasteiger partial charge in [0.05, 0.1) is 11.5 Å². The van der Waals surface area contributed by atoms with Crippen LogP contribution in [0, 0.1) is 12.8 Å². The summed E-state index contributed by atoms with van der Waals surface area (Å²) in [6.07, 6.45) is 7.00. The SMILES string of the molecule is Cc1cc2c(NC3CCOC(C4CC4)C3)ncnc2s1. The molecule has 0 bridgehead atoms. The summed E-state index contributed by atoms with van der Waals surface area (Å²) in [6, 6.07) is 2.66. The summed E-state index contributed by atoms with van der Waals surface area (Å²) in [6.45, 7) is 2.99. The molecule has 3 heterocycles. The van der Waals surface area contributed by atoms with Crippen LogP contribution in [0.1, 0.15) is 30.6 Å². The van der Waals surface area contributed by atoms with Gasteiger partial charge in [0.15, 0.2) is 0 Å². The van der Waals surface area contributed by atoms with Crippen LogP contribution in [0.5, 0.6) is 0 Å². The van der Waals surface area contributed by atoms with E-state index in [1.165, 1.54) is 17.7 Å². The Morgan fingerprint density at radius 1 is 1.30 bits per heavy atom. The quantitative estimate of drug-likeness (QED) is 0.941. The maximum absolute atomic E-state index is 5.89. The van der Waals surface area contributed by atoms with E-state index in [4.69, 9.17) is 4.74 Å². The Hall–Kier alpha value is -1.20. The molecule has 2 unspecified atom stereocenters. The first kappa shape index (κ1) is 12.5. The highest BCUT2D eigenvalue weighted by Gasteiger charge is 2.36. The Kier molecular flexibility index (Phi) is 3.11. The van der Waals surface area contributed by atoms with E-state index in [-0.39, 0.29) is 0 Å². The van der Waals surface area contributed by atoms with Crippen LogP contribution in [-0.2, 0) is 4.74 Å². The average Bonchev–Trinajstić information content (AvgIpc) is 3.22. The smallest absolute Gasteiger partial charge is 0.138 e. The zero-order valence-corrected chi connectivity index (χ0v) is 12.4. The molecule has 2 aromatic heterocycles. The van der Waals surface area contributed by atoms with Gasteiger partial charge in [0.2, 0.25) is 0 Å². The second-order valence-corrected chi connectivity index (χ2v) is 7.15. The van der Waals surface area contributed by atoms with E-state index in [0.717, 1.165) is 41.4 Å². The molecule has 106 valence electrons. The molecule has 1 aliphatic heterocycles. The molecule has 4 rings (SSSR count). The van der Waals surface area contributed by atoms with Gasteiger partial charge in [-0.2, -0.15) is 0 Å². The molecule has 20 heavy (non-hydrogen) atoms. The normalized spacial score (nSPS) is 26.9. The number of nitrogens with zero attached hydrogens (tertiary/aromatic N) is 2. The van der Waals surface area contributed by atoms with Gasteiger partial charge in [0, 0.05) is 17.5 Å². The van der Waals surface area contributed by atoms with Crippen LogP contribution in [0.25, 0.3) is 10.2 Å². The Labute approximate surface area is 122 Å². The number of ether oxygens (including phenoxy) is 1. The summed E-state index contributed by atoms with van der Waals surface area (Å²) in [7, 11) is 0. The molecule has 2 aliphatic rings. The zero-order valence-electron chi connectivity index (χ0n) is 11.6. The number of hydrogen-bond donors (Lipinski definition) is 1. The lowest BCUT2D eigenvalue weighted by Gasteiger charge is -2.30. The minimum Gasteiger partial charge on any atom is -0.378 e. The fraction of sp³-hybridized carbons (Fsp3) is 0.600. The first-order valence-electron chi connectivity index (χ1n) is 7.39. The third-order valence-corrected chi connectivity index (χ3v) is 5.21. The molecule has 5 heteroatoms. The third kappa shape index (κ3) is 2.40. The Balaban J connectivity index is 1.54. The number of hydrogen-bond acceptors (Lipinski definition) is 5. The minimum absolute atomic E-state index is 0.461. The van der Waals surface area contributed by atoms with E-state index in [1.807, 2.05) is 0 Å². The Morgan fingerprint density at radius 2 is 2.20 bits per heavy atom. The molecule has 2 fully saturated rings. The molecule has 1 aliphatic carbocycles. The predicted octanol–water partition coefficient (Wildman–Crippen LogP) is 3.37. The van der Waals surface area contributed by atoms with Crippen molar-refractivity contribution in [2.45, 2.75) is 44.8 Å². The summed E-state index contributed by atoms with van der Waals surface area (Å²) in [5.74, 6) is 1.80. The second kappa shape index (κ2) is 4.97. The van der Waals surface area contributed by atoms with Crippen molar-refractivity contribution in [3.63, 3.8) is 0 Å². The van der Waals surface area contributed by atoms with Crippen molar-refractivity contribution in [1.82, 2.24) is 9.97 Å². The summed E-state index contributed by atoms with van der Waals surface area (Å²) in [5, 5.41) is 4.78. The number of fused-ring (bicyclic) bond motifs is 1. The molecule has 1 N–H and O–H groups in total. The van der Waals surface area contributed by atoms with Crippen molar-refractivity contribution in [2.75, 3.05) is 11.9 Å². The van der Waals surface area contributed by atoms with Crippen molar-refractivity contribution in [3.05, 3.63) is 17.3 Å². The summed E-state index contributed by atoms with van der Waals surface area (Å²) in [4.78, 5) is 11.2. The fourth-order valence-electron chi connectivity index (χ4n) is 3.04. The number of anilines is 1. The summed E-state index contributed by atoms with van der Waals surface area (Å²) < 4.78 is 5.89. The topological polar surface area (TPSA) is 47.0 Å². The van der Waals surface area contributed by atoms with Gasteiger partial charge in [-0.1, -0.05) is 0 Å². The number of aromatic nitrogens is 2. The standard InChI is InChI=1S/C15H19N3OS/c1-9-6-12-14(16-8-17-15(12)20-9)18-11-4-5-19-13(7-11)10-2-3-10/h6,8,10-11,13H,2-5,7H2,1H3,(H,16,17,18). The van der Waals surface area contributed by atoms with Crippen LogP contribution in [-0.4, -0.2) is 28.7 Å². The van der Waals surface area contributed by atoms with Crippen LogP contribution >= 0.6 is 11.3 Å². The van der Waals surface area contributed by atoms with Crippen LogP contribution in [0.2, 0.25) is 0 Å². The van der Waals surface area contributed by atoms with Gasteiger partial charge >= 0.3 is 0 Å². The first-order chi connectivity index (χ1) is 9.79. The third-order valence-electron chi connectivity index (χ3n) is 4.26. The number of thiophene rings is 1. The van der Waals surface area contributed by atoms with E-state index >= 15 is 0 Å². The predicted molar refractivity (Wildman–Crippen MR) is 81.3 cm³/mol. The Morgan fingerprint density at radius 3 is 3.05 bits per heavy atom. The number of nitrogens with one attached hydrogen (secondary N) is 1. The monoisotopic (exact) mass is 289 g/mol. The fourth-order valence-corrected chi connectivity index (χ4v) is 3.89. The molecule has 0 radical (unpaired) electrons. The van der Waals surface area contributed by atoms with Gasteiger partial charge in [-0.05, 0) is 44.6 Å². The largest absolute Gasteiger partial charge is 0.378 e. The molecule has 0 aromatic carbocycles. The number of rotatable bonds is 3. The van der Waals surface area contributed by atoms with Gasteiger partial charge in [-0.25, -0.2) is 9.97 Å². The molecule has 0 spiro atoms. The number of aryl methyl sites for hydroxylation is 1. The lowest BCUT2D eigenvalue weighted by atomic mass is 10.00. The van der Waals surface area contributed by atoms with Gasteiger partial charge < -0.3 is 10.1 Å². The van der Waals surface area contributed by atoms with E-state index < -0.39 is 0 Å². The highest BCUT2D eigenvalue weighted by atomic mass is 32.1. The maximum Gasteiger partial charge on any atom is 0.138 e. The summed E-state index contributed by atoms with van der Waals surface area (Å²) in [5.41, 5.74) is 0. The minimum atomic E-state index is 0.461. The highest BCUT2D eigenvalue weighted by molar-refractivity contribution is 7.18. The van der Waals surface area contributed by atoms with Crippen LogP contribution in [0.4, 0.5) is 5.82 Å². The average molecular weight is 289 g/mol. The van der Waals surface area contributed by atoms with E-state index in [1.54, 1.807) is 17.7 Å². The Bertz CT molecular complexity index is 623. The van der Waals surface area contributed by atoms with Gasteiger partial charge in [-0.15, -0.1) is 11.3 Å². The van der Waals surface area contributed by atoms with Crippen molar-refractivity contribution >= 4 is 27.4 Å². The van der Waals surface area contributed by atoms with Gasteiger partial charge in [-0.3, -0.25) is 0 Å². The molecule has 1 saturated carbocycles. The molecular formula is C15H19N3OS. The van der Waals surface area contributed by atoms with E-state index in [9.17, 15) is 0 Å². The van der Waals surface area contributed by atoms with Crippen molar-refractivity contribution < 1.29 is 4.74 Å². The molecular weight excluding hydrogens is 270 g/mol. The van der Waals surface area contributed by atoms with Crippen molar-refractivity contribution in [1.29, 1.82) is 0 Å². The van der Waals surface area contributed by atoms with Crippen molar-refractivity contribution in [2.24, 2.45) is 5.92 Å². The maximum atomic E-state index is 5.89. The van der Waals surface area contributed by atoms with Crippen LogP contribution in [0.3, 0.4) is 0 Å². The van der Waals surface area contributed by atoms with E-state index in [2.05, 4.69) is 28.3 Å². The van der Waals surface area contributed by atoms with E-state index in [0.29, 0.717) is 12.1 Å². The molecule has 0 amide bonds. The molecule has 1 saturated heterocycles. The second-order valence-electron chi connectivity index (χ2n) is 5.91. The lowest BCUT2D eigenvalue weighted by Crippen LogP contribution is -2.35. The summed E-state index contributed by atoms with van der Waals surface area (Å²) >= 11 is 1.73. The molecule has 4 nitrogen and oxygen atoms in total. The first-order valence-corrected chi connectivity index (χ1v) is 8.20. The van der Waals surface area contributed by atoms with Crippen LogP contribution in [0.15, 0.2) is 12.4 Å². The van der Waals surface area contributed by atoms with Crippen molar-refractivity contribution in [3.8, 4) is 0 Å². The van der Waals surface area contributed by atoms with Gasteiger partial charge in [0.25, 0.3) is 0 Å². The molecule has 2 aromatic rings. The molecule has 2 atom stereocenters. The highest BCUT2D eigenvalue weighted by Crippen LogP contribution is 2.38. The van der Waals surface area contributed by atoms with Gasteiger partial charge in [0.1, 0.15) is 17.0 Å². The van der Waals surface area contributed by atoms with Crippen LogP contribution < -0.4 is 5.32 Å². The zero-order chi connectivity index (χ0) is 13.5. The lowest BCUT2D eigenvalue weighted by molar-refractivity contribution is -0.00221.